The second-order valence-electron chi connectivity index (χ2n) is 7.96. The molecule has 7 nitrogen and oxygen atoms in total. The first-order chi connectivity index (χ1) is 15.5. The average Bonchev–Trinajstić information content (AvgIpc) is 3.12. The van der Waals surface area contributed by atoms with Gasteiger partial charge in [0, 0.05) is 6.54 Å². The number of Topliss-reactive ketones (excluding diaryl/α,β-unsaturated/α-hetero) is 1. The minimum absolute atomic E-state index is 0.0866. The number of esters is 1. The number of allylic oxidation sites excluding steroid dienone is 1. The van der Waals surface area contributed by atoms with Gasteiger partial charge < -0.3 is 19.3 Å². The molecular weight excluding hydrogens is 410 g/mol. The summed E-state index contributed by atoms with van der Waals surface area (Å²) in [5.74, 6) is 0.940. The number of ketones is 1. The molecule has 168 valence electrons. The normalized spacial score (nSPS) is 17.8. The summed E-state index contributed by atoms with van der Waals surface area (Å²) in [5.41, 5.74) is 1.81. The number of ether oxygens (including phenoxy) is 3. The van der Waals surface area contributed by atoms with E-state index in [0.29, 0.717) is 61.7 Å². The number of piperidine rings is 1. The van der Waals surface area contributed by atoms with Gasteiger partial charge in [-0.3, -0.25) is 14.5 Å². The largest absolute Gasteiger partial charge is 0.507 e. The number of hydrogen-bond donors (Lipinski definition) is 1. The molecule has 0 atom stereocenters. The van der Waals surface area contributed by atoms with Gasteiger partial charge >= 0.3 is 5.97 Å². The standard InChI is InChI=1S/C25H27NO6/c1-3-31-25(29)17-9-11-26(12-10-17)15-20-21(27)8-7-19-23(28)22(32-24(19)20)14-16-5-4-6-18(13-16)30-2/h4-8,13-14,17,27H,3,9-12,15H2,1-2H3/b22-14+. The van der Waals surface area contributed by atoms with Crippen molar-refractivity contribution in [1.82, 2.24) is 4.90 Å². The Balaban J connectivity index is 1.51. The van der Waals surface area contributed by atoms with Crippen LogP contribution in [-0.4, -0.2) is 48.6 Å². The number of carbonyl (C=O) groups excluding carboxylic acids is 2. The smallest absolute Gasteiger partial charge is 0.309 e. The first kappa shape index (κ1) is 21.9. The first-order valence-electron chi connectivity index (χ1n) is 10.8. The molecule has 0 aliphatic carbocycles. The van der Waals surface area contributed by atoms with Crippen LogP contribution >= 0.6 is 0 Å². The van der Waals surface area contributed by atoms with Crippen LogP contribution in [0.1, 0.15) is 41.3 Å². The summed E-state index contributed by atoms with van der Waals surface area (Å²) >= 11 is 0. The van der Waals surface area contributed by atoms with Crippen molar-refractivity contribution in [3.63, 3.8) is 0 Å². The van der Waals surface area contributed by atoms with Crippen molar-refractivity contribution < 1.29 is 28.9 Å². The van der Waals surface area contributed by atoms with Gasteiger partial charge in [-0.05, 0) is 68.8 Å². The lowest BCUT2D eigenvalue weighted by atomic mass is 9.96. The van der Waals surface area contributed by atoms with Crippen molar-refractivity contribution in [2.75, 3.05) is 26.8 Å². The van der Waals surface area contributed by atoms with E-state index in [1.807, 2.05) is 31.2 Å². The molecule has 2 aliphatic heterocycles. The Morgan fingerprint density at radius 1 is 1.25 bits per heavy atom. The van der Waals surface area contributed by atoms with Crippen molar-refractivity contribution in [2.45, 2.75) is 26.3 Å². The predicted molar refractivity (Wildman–Crippen MR) is 119 cm³/mol. The first-order valence-corrected chi connectivity index (χ1v) is 10.8. The molecule has 7 heteroatoms. The topological polar surface area (TPSA) is 85.3 Å². The lowest BCUT2D eigenvalue weighted by molar-refractivity contribution is -0.149. The van der Waals surface area contributed by atoms with Crippen molar-refractivity contribution >= 4 is 17.8 Å². The number of rotatable bonds is 6. The van der Waals surface area contributed by atoms with Crippen LogP contribution in [0, 0.1) is 5.92 Å². The van der Waals surface area contributed by atoms with E-state index in [-0.39, 0.29) is 29.2 Å². The van der Waals surface area contributed by atoms with Crippen LogP contribution in [0.3, 0.4) is 0 Å². The molecular formula is C25H27NO6. The van der Waals surface area contributed by atoms with Crippen LogP contribution in [0.15, 0.2) is 42.2 Å². The van der Waals surface area contributed by atoms with Gasteiger partial charge in [-0.2, -0.15) is 0 Å². The summed E-state index contributed by atoms with van der Waals surface area (Å²) in [6.07, 6.45) is 3.08. The minimum atomic E-state index is -0.218. The Hall–Kier alpha value is -3.32. The number of likely N-dealkylation sites (tertiary alicyclic amines) is 1. The van der Waals surface area contributed by atoms with Gasteiger partial charge in [0.05, 0.1) is 30.8 Å². The van der Waals surface area contributed by atoms with E-state index >= 15 is 0 Å². The molecule has 4 rings (SSSR count). The number of phenolic OH excluding ortho intramolecular Hbond substituents is 1. The van der Waals surface area contributed by atoms with Gasteiger partial charge in [-0.25, -0.2) is 0 Å². The van der Waals surface area contributed by atoms with Crippen molar-refractivity contribution in [3.05, 3.63) is 58.8 Å². The molecule has 0 amide bonds. The fourth-order valence-corrected chi connectivity index (χ4v) is 4.14. The highest BCUT2D eigenvalue weighted by Crippen LogP contribution is 2.40. The summed E-state index contributed by atoms with van der Waals surface area (Å²) < 4.78 is 16.3. The third-order valence-electron chi connectivity index (χ3n) is 5.90. The number of benzene rings is 2. The summed E-state index contributed by atoms with van der Waals surface area (Å²) in [7, 11) is 1.59. The van der Waals surface area contributed by atoms with E-state index in [0.717, 1.165) is 5.56 Å². The number of aromatic hydroxyl groups is 1. The van der Waals surface area contributed by atoms with E-state index in [1.165, 1.54) is 6.07 Å². The fraction of sp³-hybridized carbons (Fsp3) is 0.360. The summed E-state index contributed by atoms with van der Waals surface area (Å²) in [6, 6.07) is 10.5. The summed E-state index contributed by atoms with van der Waals surface area (Å²) in [4.78, 5) is 27.1. The minimum Gasteiger partial charge on any atom is -0.507 e. The van der Waals surface area contributed by atoms with Crippen molar-refractivity contribution in [3.8, 4) is 17.2 Å². The Bertz CT molecular complexity index is 1050. The average molecular weight is 437 g/mol. The van der Waals surface area contributed by atoms with Crippen LogP contribution in [0.25, 0.3) is 6.08 Å². The highest BCUT2D eigenvalue weighted by molar-refractivity contribution is 6.15. The van der Waals surface area contributed by atoms with E-state index in [4.69, 9.17) is 14.2 Å². The lowest BCUT2D eigenvalue weighted by Gasteiger charge is -2.31. The Morgan fingerprint density at radius 2 is 2.03 bits per heavy atom. The van der Waals surface area contributed by atoms with E-state index in [9.17, 15) is 14.7 Å². The predicted octanol–water partition coefficient (Wildman–Crippen LogP) is 3.79. The third-order valence-corrected chi connectivity index (χ3v) is 5.90. The van der Waals surface area contributed by atoms with Crippen LogP contribution in [-0.2, 0) is 16.1 Å². The second kappa shape index (κ2) is 9.44. The summed E-state index contributed by atoms with van der Waals surface area (Å²) in [5, 5.41) is 10.5. The molecule has 0 radical (unpaired) electrons. The van der Waals surface area contributed by atoms with Crippen LogP contribution in [0.5, 0.6) is 17.2 Å². The van der Waals surface area contributed by atoms with Crippen molar-refractivity contribution in [2.24, 2.45) is 5.92 Å². The SMILES string of the molecule is CCOC(=O)C1CCN(Cc2c(O)ccc3c2O/C(=C/c2cccc(OC)c2)C3=O)CC1. The van der Waals surface area contributed by atoms with Gasteiger partial charge in [0.15, 0.2) is 5.76 Å². The molecule has 0 saturated carbocycles. The summed E-state index contributed by atoms with van der Waals surface area (Å²) in [6.45, 7) is 4.04. The van der Waals surface area contributed by atoms with Gasteiger partial charge in [0.25, 0.3) is 0 Å². The Kier molecular flexibility index (Phi) is 6.46. The quantitative estimate of drug-likeness (QED) is 0.544. The van der Waals surface area contributed by atoms with Gasteiger partial charge in [-0.15, -0.1) is 0 Å². The maximum atomic E-state index is 12.9. The molecule has 1 fully saturated rings. The zero-order valence-electron chi connectivity index (χ0n) is 18.3. The molecule has 1 N–H and O–H groups in total. The zero-order valence-corrected chi connectivity index (χ0v) is 18.3. The zero-order chi connectivity index (χ0) is 22.7. The number of carbonyl (C=O) groups is 2. The number of hydrogen-bond acceptors (Lipinski definition) is 7. The van der Waals surface area contributed by atoms with Crippen molar-refractivity contribution in [1.29, 1.82) is 0 Å². The van der Waals surface area contributed by atoms with E-state index in [1.54, 1.807) is 19.3 Å². The number of nitrogens with zero attached hydrogens (tertiary/aromatic N) is 1. The van der Waals surface area contributed by atoms with Crippen LogP contribution < -0.4 is 9.47 Å². The number of fused-ring (bicyclic) bond motifs is 1. The number of methoxy groups -OCH3 is 1. The Morgan fingerprint density at radius 3 is 2.75 bits per heavy atom. The molecule has 0 bridgehead atoms. The van der Waals surface area contributed by atoms with Gasteiger partial charge in [0.2, 0.25) is 5.78 Å². The maximum Gasteiger partial charge on any atom is 0.309 e. The second-order valence-corrected chi connectivity index (χ2v) is 7.96. The number of phenols is 1. The molecule has 2 aromatic rings. The molecule has 2 heterocycles. The third kappa shape index (κ3) is 4.48. The molecule has 0 aromatic heterocycles. The molecule has 1 saturated heterocycles. The van der Waals surface area contributed by atoms with Crippen LogP contribution in [0.2, 0.25) is 0 Å². The van der Waals surface area contributed by atoms with E-state index in [2.05, 4.69) is 4.90 Å². The lowest BCUT2D eigenvalue weighted by Crippen LogP contribution is -2.36. The Labute approximate surface area is 187 Å². The molecule has 0 spiro atoms. The fourth-order valence-electron chi connectivity index (χ4n) is 4.14. The molecule has 32 heavy (non-hydrogen) atoms. The van der Waals surface area contributed by atoms with Gasteiger partial charge in [0.1, 0.15) is 17.2 Å². The highest BCUT2D eigenvalue weighted by Gasteiger charge is 2.33. The van der Waals surface area contributed by atoms with E-state index < -0.39 is 0 Å². The molecule has 2 aliphatic rings. The maximum absolute atomic E-state index is 12.9. The highest BCUT2D eigenvalue weighted by atomic mass is 16.5. The van der Waals surface area contributed by atoms with Crippen LogP contribution in [0.4, 0.5) is 0 Å². The monoisotopic (exact) mass is 437 g/mol. The van der Waals surface area contributed by atoms with Gasteiger partial charge in [-0.1, -0.05) is 12.1 Å². The molecule has 2 aromatic carbocycles. The molecule has 0 unspecified atom stereocenters.